The topological polar surface area (TPSA) is 0 Å². The highest BCUT2D eigenvalue weighted by molar-refractivity contribution is 9.11. The molecule has 0 saturated carbocycles. The van der Waals surface area contributed by atoms with Crippen molar-refractivity contribution in [1.82, 2.24) is 0 Å². The summed E-state index contributed by atoms with van der Waals surface area (Å²) < 4.78 is 14.1. The predicted molar refractivity (Wildman–Crippen MR) is 80.8 cm³/mol. The van der Waals surface area contributed by atoms with E-state index in [2.05, 4.69) is 63.9 Å². The van der Waals surface area contributed by atoms with E-state index in [0.717, 1.165) is 5.56 Å². The van der Waals surface area contributed by atoms with Crippen molar-refractivity contribution in [2.24, 2.45) is 0 Å². The highest BCUT2D eigenvalue weighted by Crippen LogP contribution is 2.37. The summed E-state index contributed by atoms with van der Waals surface area (Å²) in [5, 5.41) is 0. The number of alkyl halides is 1. The van der Waals surface area contributed by atoms with Gasteiger partial charge in [-0.15, -0.1) is 0 Å². The Morgan fingerprint density at radius 2 is 1.78 bits per heavy atom. The Balaban J connectivity index is 2.51. The molecule has 0 aliphatic rings. The van der Waals surface area contributed by atoms with Gasteiger partial charge in [-0.3, -0.25) is 0 Å². The summed E-state index contributed by atoms with van der Waals surface area (Å²) in [5.74, 6) is -0.234. The smallest absolute Gasteiger partial charge is 0.137 e. The molecule has 0 spiro atoms. The molecule has 0 bridgehead atoms. The summed E-state index contributed by atoms with van der Waals surface area (Å²) >= 11 is 6.98. The first-order chi connectivity index (χ1) is 8.50. The fourth-order valence-electron chi connectivity index (χ4n) is 1.92. The fraction of sp³-hybridized carbons (Fsp3) is 0.200. The fourth-order valence-corrected chi connectivity index (χ4v) is 3.59. The molecule has 0 amide bonds. The Hall–Kier alpha value is -0.670. The van der Waals surface area contributed by atoms with Gasteiger partial charge in [0, 0.05) is 0 Å². The summed E-state index contributed by atoms with van der Waals surface area (Å²) in [4.78, 5) is -0.0116. The molecule has 0 aliphatic carbocycles. The SMILES string of the molecule is Cc1ccc(C)c(C(Br)c2cccc(F)c2Br)c1. The van der Waals surface area contributed by atoms with Crippen LogP contribution in [0.5, 0.6) is 0 Å². The van der Waals surface area contributed by atoms with Gasteiger partial charge < -0.3 is 0 Å². The predicted octanol–water partition coefficient (Wildman–Crippen LogP) is 5.69. The van der Waals surface area contributed by atoms with Crippen LogP contribution in [0.4, 0.5) is 4.39 Å². The maximum Gasteiger partial charge on any atom is 0.137 e. The monoisotopic (exact) mass is 370 g/mol. The molecule has 2 aromatic carbocycles. The molecule has 0 radical (unpaired) electrons. The highest BCUT2D eigenvalue weighted by Gasteiger charge is 2.17. The maximum atomic E-state index is 13.6. The van der Waals surface area contributed by atoms with Gasteiger partial charge in [-0.05, 0) is 52.5 Å². The molecule has 0 aromatic heterocycles. The molecule has 2 aromatic rings. The molecule has 18 heavy (non-hydrogen) atoms. The summed E-state index contributed by atoms with van der Waals surface area (Å²) in [6.07, 6.45) is 0. The molecule has 94 valence electrons. The molecular formula is C15H13Br2F. The van der Waals surface area contributed by atoms with Crippen molar-refractivity contribution < 1.29 is 4.39 Å². The number of hydrogen-bond acceptors (Lipinski definition) is 0. The van der Waals surface area contributed by atoms with Crippen LogP contribution < -0.4 is 0 Å². The molecule has 0 N–H and O–H groups in total. The van der Waals surface area contributed by atoms with Crippen LogP contribution in [0.25, 0.3) is 0 Å². The van der Waals surface area contributed by atoms with E-state index in [1.165, 1.54) is 22.8 Å². The molecule has 0 heterocycles. The van der Waals surface area contributed by atoms with Crippen molar-refractivity contribution in [2.45, 2.75) is 18.7 Å². The Kier molecular flexibility index (Phi) is 4.23. The average Bonchev–Trinajstić information content (AvgIpc) is 2.35. The molecule has 0 saturated heterocycles. The van der Waals surface area contributed by atoms with Crippen LogP contribution in [0.1, 0.15) is 27.1 Å². The zero-order valence-electron chi connectivity index (χ0n) is 10.2. The quantitative estimate of drug-likeness (QED) is 0.595. The van der Waals surface area contributed by atoms with Crippen LogP contribution in [-0.2, 0) is 0 Å². The Morgan fingerprint density at radius 3 is 2.50 bits per heavy atom. The van der Waals surface area contributed by atoms with Gasteiger partial charge in [0.05, 0.1) is 9.30 Å². The van der Waals surface area contributed by atoms with E-state index in [1.54, 1.807) is 6.07 Å². The number of benzene rings is 2. The Bertz CT molecular complexity index is 577. The van der Waals surface area contributed by atoms with E-state index in [4.69, 9.17) is 0 Å². The van der Waals surface area contributed by atoms with E-state index in [0.29, 0.717) is 4.47 Å². The highest BCUT2D eigenvalue weighted by atomic mass is 79.9. The van der Waals surface area contributed by atoms with Gasteiger partial charge in [-0.1, -0.05) is 51.8 Å². The van der Waals surface area contributed by atoms with Crippen LogP contribution in [0.15, 0.2) is 40.9 Å². The molecule has 2 rings (SSSR count). The molecule has 0 aliphatic heterocycles. The third kappa shape index (κ3) is 2.67. The number of aryl methyl sites for hydroxylation is 2. The van der Waals surface area contributed by atoms with Crippen molar-refractivity contribution >= 4 is 31.9 Å². The van der Waals surface area contributed by atoms with Crippen LogP contribution >= 0.6 is 31.9 Å². The molecular weight excluding hydrogens is 359 g/mol. The summed E-state index contributed by atoms with van der Waals surface area (Å²) in [6.45, 7) is 4.12. The molecule has 0 nitrogen and oxygen atoms in total. The second kappa shape index (κ2) is 5.54. The lowest BCUT2D eigenvalue weighted by atomic mass is 9.98. The second-order valence-electron chi connectivity index (χ2n) is 4.37. The second-order valence-corrected chi connectivity index (χ2v) is 6.07. The number of hydrogen-bond donors (Lipinski definition) is 0. The van der Waals surface area contributed by atoms with Crippen LogP contribution in [0.2, 0.25) is 0 Å². The third-order valence-corrected chi connectivity index (χ3v) is 4.79. The van der Waals surface area contributed by atoms with Gasteiger partial charge in [0.2, 0.25) is 0 Å². The minimum atomic E-state index is -0.234. The van der Waals surface area contributed by atoms with Crippen molar-refractivity contribution in [3.63, 3.8) is 0 Å². The van der Waals surface area contributed by atoms with Gasteiger partial charge in [0.25, 0.3) is 0 Å². The maximum absolute atomic E-state index is 13.6. The largest absolute Gasteiger partial charge is 0.206 e. The van der Waals surface area contributed by atoms with Crippen LogP contribution in [0, 0.1) is 19.7 Å². The van der Waals surface area contributed by atoms with Crippen LogP contribution in [0.3, 0.4) is 0 Å². The van der Waals surface area contributed by atoms with E-state index >= 15 is 0 Å². The van der Waals surface area contributed by atoms with Gasteiger partial charge in [0.15, 0.2) is 0 Å². The zero-order chi connectivity index (χ0) is 13.3. The first-order valence-corrected chi connectivity index (χ1v) is 7.36. The van der Waals surface area contributed by atoms with Gasteiger partial charge in [-0.2, -0.15) is 0 Å². The first-order valence-electron chi connectivity index (χ1n) is 5.66. The Labute approximate surface area is 123 Å². The summed E-state index contributed by atoms with van der Waals surface area (Å²) in [6, 6.07) is 11.4. The lowest BCUT2D eigenvalue weighted by molar-refractivity contribution is 0.618. The van der Waals surface area contributed by atoms with Crippen molar-refractivity contribution in [3.8, 4) is 0 Å². The van der Waals surface area contributed by atoms with Gasteiger partial charge in [0.1, 0.15) is 5.82 Å². The van der Waals surface area contributed by atoms with Crippen molar-refractivity contribution in [1.29, 1.82) is 0 Å². The molecule has 1 unspecified atom stereocenters. The average molecular weight is 372 g/mol. The molecule has 3 heteroatoms. The van der Waals surface area contributed by atoms with E-state index < -0.39 is 0 Å². The summed E-state index contributed by atoms with van der Waals surface area (Å²) in [7, 11) is 0. The normalized spacial score (nSPS) is 12.5. The van der Waals surface area contributed by atoms with Crippen molar-refractivity contribution in [3.05, 3.63) is 68.9 Å². The van der Waals surface area contributed by atoms with Crippen molar-refractivity contribution in [2.75, 3.05) is 0 Å². The first kappa shape index (κ1) is 13.8. The number of rotatable bonds is 2. The minimum absolute atomic E-state index is 0.0116. The standard InChI is InChI=1S/C15H13Br2F/c1-9-6-7-10(2)12(8-9)14(16)11-4-3-5-13(18)15(11)17/h3-8,14H,1-2H3. The lowest BCUT2D eigenvalue weighted by Gasteiger charge is -2.16. The summed E-state index contributed by atoms with van der Waals surface area (Å²) in [5.41, 5.74) is 4.47. The van der Waals surface area contributed by atoms with Crippen LogP contribution in [-0.4, -0.2) is 0 Å². The number of halogens is 3. The lowest BCUT2D eigenvalue weighted by Crippen LogP contribution is -1.98. The van der Waals surface area contributed by atoms with Gasteiger partial charge >= 0.3 is 0 Å². The van der Waals surface area contributed by atoms with E-state index in [-0.39, 0.29) is 10.6 Å². The van der Waals surface area contributed by atoms with Gasteiger partial charge in [-0.25, -0.2) is 4.39 Å². The third-order valence-electron chi connectivity index (χ3n) is 2.96. The molecule has 0 fully saturated rings. The van der Waals surface area contributed by atoms with E-state index in [9.17, 15) is 4.39 Å². The molecule has 1 atom stereocenters. The van der Waals surface area contributed by atoms with E-state index in [1.807, 2.05) is 6.07 Å². The Morgan fingerprint density at radius 1 is 1.06 bits per heavy atom. The zero-order valence-corrected chi connectivity index (χ0v) is 13.3. The minimum Gasteiger partial charge on any atom is -0.206 e.